The fourth-order valence-electron chi connectivity index (χ4n) is 3.15. The first-order valence-corrected chi connectivity index (χ1v) is 12.2. The Morgan fingerprint density at radius 2 is 1.67 bits per heavy atom. The molecule has 160 valence electrons. The Hall–Kier alpha value is -2.29. The van der Waals surface area contributed by atoms with Gasteiger partial charge in [-0.3, -0.25) is 4.79 Å². The van der Waals surface area contributed by atoms with Gasteiger partial charge in [0.2, 0.25) is 10.0 Å². The van der Waals surface area contributed by atoms with E-state index in [9.17, 15) is 13.2 Å². The molecule has 3 aromatic rings. The lowest BCUT2D eigenvalue weighted by atomic mass is 10.2. The number of carbonyl (C=O) groups excluding carboxylic acids is 1. The lowest BCUT2D eigenvalue weighted by Crippen LogP contribution is -2.37. The van der Waals surface area contributed by atoms with Crippen LogP contribution in [0.2, 0.25) is 0 Å². The highest BCUT2D eigenvalue weighted by Crippen LogP contribution is 2.23. The molecular weight excluding hydrogens is 418 g/mol. The van der Waals surface area contributed by atoms with Gasteiger partial charge in [-0.05, 0) is 54.3 Å². The molecule has 0 saturated heterocycles. The predicted molar refractivity (Wildman–Crippen MR) is 122 cm³/mol. The van der Waals surface area contributed by atoms with E-state index in [1.54, 1.807) is 17.6 Å². The zero-order valence-corrected chi connectivity index (χ0v) is 19.3. The average molecular weight is 446 g/mol. The van der Waals surface area contributed by atoms with Gasteiger partial charge in [0.1, 0.15) is 0 Å². The van der Waals surface area contributed by atoms with E-state index in [-0.39, 0.29) is 22.6 Å². The van der Waals surface area contributed by atoms with E-state index in [1.165, 1.54) is 27.8 Å². The average Bonchev–Trinajstić information content (AvgIpc) is 3.14. The van der Waals surface area contributed by atoms with Gasteiger partial charge in [-0.2, -0.15) is 4.31 Å². The Balaban J connectivity index is 1.77. The Bertz CT molecular complexity index is 1110. The van der Waals surface area contributed by atoms with E-state index in [2.05, 4.69) is 10.3 Å². The number of benzene rings is 2. The van der Waals surface area contributed by atoms with Gasteiger partial charge in [0.05, 0.1) is 20.6 Å². The van der Waals surface area contributed by atoms with E-state index >= 15 is 0 Å². The molecule has 0 aliphatic rings. The van der Waals surface area contributed by atoms with Gasteiger partial charge in [-0.15, -0.1) is 11.3 Å². The van der Waals surface area contributed by atoms with Crippen LogP contribution < -0.4 is 5.32 Å². The zero-order valence-electron chi connectivity index (χ0n) is 17.6. The number of fused-ring (bicyclic) bond motifs is 1. The number of rotatable bonds is 8. The number of aromatic nitrogens is 1. The Kier molecular flexibility index (Phi) is 6.90. The van der Waals surface area contributed by atoms with Crippen LogP contribution in [0.1, 0.15) is 38.1 Å². The van der Waals surface area contributed by atoms with Crippen LogP contribution in [0.15, 0.2) is 52.9 Å². The van der Waals surface area contributed by atoms with Gasteiger partial charge in [-0.25, -0.2) is 13.4 Å². The molecule has 8 heteroatoms. The summed E-state index contributed by atoms with van der Waals surface area (Å²) in [5.74, 6) is 0.145. The second-order valence-corrected chi connectivity index (χ2v) is 10.9. The summed E-state index contributed by atoms with van der Waals surface area (Å²) in [6.07, 6.45) is 0. The summed E-state index contributed by atoms with van der Waals surface area (Å²) in [6.45, 7) is 8.92. The fraction of sp³-hybridized carbons (Fsp3) is 0.364. The molecule has 0 fully saturated rings. The van der Waals surface area contributed by atoms with Crippen LogP contribution in [0, 0.1) is 11.8 Å². The van der Waals surface area contributed by atoms with E-state index in [1.807, 2.05) is 45.9 Å². The van der Waals surface area contributed by atoms with Crippen LogP contribution >= 0.6 is 11.3 Å². The second-order valence-electron chi connectivity index (χ2n) is 8.12. The molecule has 0 spiro atoms. The molecule has 30 heavy (non-hydrogen) atoms. The van der Waals surface area contributed by atoms with Crippen LogP contribution in [-0.4, -0.2) is 36.7 Å². The highest BCUT2D eigenvalue weighted by atomic mass is 32.2. The maximum Gasteiger partial charge on any atom is 0.255 e. The number of sulfonamides is 1. The molecule has 0 unspecified atom stereocenters. The Morgan fingerprint density at radius 1 is 1.03 bits per heavy atom. The lowest BCUT2D eigenvalue weighted by Gasteiger charge is -2.25. The molecule has 0 aliphatic heterocycles. The highest BCUT2D eigenvalue weighted by Gasteiger charge is 2.26. The number of hydrogen-bond acceptors (Lipinski definition) is 5. The second kappa shape index (κ2) is 9.24. The first-order chi connectivity index (χ1) is 14.2. The number of thiazole rings is 1. The third-order valence-electron chi connectivity index (χ3n) is 4.48. The summed E-state index contributed by atoms with van der Waals surface area (Å²) in [7, 11) is -3.62. The van der Waals surface area contributed by atoms with Gasteiger partial charge in [0.15, 0.2) is 0 Å². The normalized spacial score (nSPS) is 12.2. The number of anilines is 1. The molecule has 1 N–H and O–H groups in total. The first kappa shape index (κ1) is 22.4. The quantitative estimate of drug-likeness (QED) is 0.537. The largest absolute Gasteiger partial charge is 0.322 e. The van der Waals surface area contributed by atoms with Gasteiger partial charge in [0.25, 0.3) is 5.91 Å². The molecule has 0 atom stereocenters. The minimum absolute atomic E-state index is 0.198. The van der Waals surface area contributed by atoms with E-state index in [4.69, 9.17) is 0 Å². The molecule has 1 aromatic heterocycles. The smallest absolute Gasteiger partial charge is 0.255 e. The number of carbonyl (C=O) groups is 1. The maximum atomic E-state index is 13.1. The highest BCUT2D eigenvalue weighted by molar-refractivity contribution is 7.89. The van der Waals surface area contributed by atoms with E-state index < -0.39 is 10.0 Å². The van der Waals surface area contributed by atoms with Crippen LogP contribution in [-0.2, 0) is 10.0 Å². The summed E-state index contributed by atoms with van der Waals surface area (Å²) in [5.41, 5.74) is 3.63. The van der Waals surface area contributed by atoms with Crippen LogP contribution in [0.4, 0.5) is 5.69 Å². The van der Waals surface area contributed by atoms with Gasteiger partial charge < -0.3 is 5.32 Å². The number of amides is 1. The first-order valence-electron chi connectivity index (χ1n) is 9.91. The number of hydrogen-bond donors (Lipinski definition) is 1. The Morgan fingerprint density at radius 3 is 2.27 bits per heavy atom. The molecule has 3 rings (SSSR count). The van der Waals surface area contributed by atoms with Crippen molar-refractivity contribution in [2.45, 2.75) is 32.6 Å². The topological polar surface area (TPSA) is 79.4 Å². The van der Waals surface area contributed by atoms with Crippen LogP contribution in [0.3, 0.4) is 0 Å². The summed E-state index contributed by atoms with van der Waals surface area (Å²) in [6, 6.07) is 11.7. The van der Waals surface area contributed by atoms with Gasteiger partial charge in [-0.1, -0.05) is 27.7 Å². The maximum absolute atomic E-state index is 13.1. The van der Waals surface area contributed by atoms with Crippen LogP contribution in [0.25, 0.3) is 10.2 Å². The monoisotopic (exact) mass is 445 g/mol. The van der Waals surface area contributed by atoms with E-state index in [0.717, 1.165) is 10.2 Å². The summed E-state index contributed by atoms with van der Waals surface area (Å²) >= 11 is 1.54. The molecule has 1 amide bonds. The molecule has 0 bridgehead atoms. The van der Waals surface area contributed by atoms with Crippen molar-refractivity contribution < 1.29 is 13.2 Å². The summed E-state index contributed by atoms with van der Waals surface area (Å²) < 4.78 is 28.8. The number of nitrogens with one attached hydrogen (secondary N) is 1. The van der Waals surface area contributed by atoms with Crippen molar-refractivity contribution in [2.75, 3.05) is 18.4 Å². The summed E-state index contributed by atoms with van der Waals surface area (Å²) in [5, 5.41) is 2.84. The van der Waals surface area contributed by atoms with Crippen molar-refractivity contribution in [1.29, 1.82) is 0 Å². The molecule has 0 aliphatic carbocycles. The molecule has 1 heterocycles. The van der Waals surface area contributed by atoms with Crippen molar-refractivity contribution in [1.82, 2.24) is 9.29 Å². The van der Waals surface area contributed by atoms with Crippen molar-refractivity contribution in [3.63, 3.8) is 0 Å². The van der Waals surface area contributed by atoms with E-state index in [0.29, 0.717) is 24.3 Å². The predicted octanol–water partition coefficient (Wildman–Crippen LogP) is 4.85. The van der Waals surface area contributed by atoms with Crippen molar-refractivity contribution in [3.05, 3.63) is 53.5 Å². The fourth-order valence-corrected chi connectivity index (χ4v) is 5.58. The molecule has 2 aromatic carbocycles. The molecule has 0 saturated carbocycles. The van der Waals surface area contributed by atoms with Crippen molar-refractivity contribution >= 4 is 43.2 Å². The van der Waals surface area contributed by atoms with Crippen molar-refractivity contribution in [2.24, 2.45) is 11.8 Å². The number of nitrogens with zero attached hydrogens (tertiary/aromatic N) is 2. The third-order valence-corrected chi connectivity index (χ3v) is 7.14. The Labute approximate surface area is 182 Å². The minimum atomic E-state index is -3.62. The molecule has 6 nitrogen and oxygen atoms in total. The lowest BCUT2D eigenvalue weighted by molar-refractivity contribution is 0.102. The standard InChI is InChI=1S/C22H27N3O3S2/c1-15(2)12-25(13-16(3)4)30(27,28)19-8-5-17(6-9-19)22(26)24-18-7-10-21-20(11-18)23-14-29-21/h5-11,14-16H,12-13H2,1-4H3,(H,24,26). The van der Waals surface area contributed by atoms with Gasteiger partial charge in [0, 0.05) is 24.3 Å². The molecule has 0 radical (unpaired) electrons. The zero-order chi connectivity index (χ0) is 21.9. The van der Waals surface area contributed by atoms with Gasteiger partial charge >= 0.3 is 0 Å². The van der Waals surface area contributed by atoms with Crippen molar-refractivity contribution in [3.8, 4) is 0 Å². The third kappa shape index (κ3) is 5.24. The SMILES string of the molecule is CC(C)CN(CC(C)C)S(=O)(=O)c1ccc(C(=O)Nc2ccc3scnc3c2)cc1. The van der Waals surface area contributed by atoms with Crippen LogP contribution in [0.5, 0.6) is 0 Å². The molecular formula is C22H27N3O3S2. The minimum Gasteiger partial charge on any atom is -0.322 e. The summed E-state index contributed by atoms with van der Waals surface area (Å²) in [4.78, 5) is 17.0.